The number of nitrogens with one attached hydrogen (secondary N) is 3. The van der Waals surface area contributed by atoms with Crippen LogP contribution in [0.25, 0.3) is 0 Å². The second-order valence-corrected chi connectivity index (χ2v) is 8.11. The van der Waals surface area contributed by atoms with Gasteiger partial charge in [0.25, 0.3) is 0 Å². The maximum Gasteiger partial charge on any atom is 0.326 e. The van der Waals surface area contributed by atoms with Gasteiger partial charge in [-0.05, 0) is 31.7 Å². The molecule has 0 aromatic carbocycles. The zero-order chi connectivity index (χ0) is 26.4. The molecule has 0 saturated heterocycles. The molecule has 0 aromatic heterocycles. The summed E-state index contributed by atoms with van der Waals surface area (Å²) in [6, 6.07) is -5.33. The van der Waals surface area contributed by atoms with Gasteiger partial charge >= 0.3 is 17.9 Å². The van der Waals surface area contributed by atoms with Crippen LogP contribution in [0.1, 0.15) is 52.4 Å². The van der Waals surface area contributed by atoms with E-state index in [1.807, 2.05) is 5.32 Å². The Morgan fingerprint density at radius 3 is 1.82 bits per heavy atom. The summed E-state index contributed by atoms with van der Waals surface area (Å²) in [5.74, 6) is -7.32. The van der Waals surface area contributed by atoms with Crippen LogP contribution in [-0.2, 0) is 28.8 Å². The highest BCUT2D eigenvalue weighted by Gasteiger charge is 2.32. The van der Waals surface area contributed by atoms with Crippen molar-refractivity contribution in [2.75, 3.05) is 6.54 Å². The Balaban J connectivity index is 5.37. The van der Waals surface area contributed by atoms with Crippen molar-refractivity contribution in [2.24, 2.45) is 17.4 Å². The molecule has 0 fully saturated rings. The van der Waals surface area contributed by atoms with Crippen molar-refractivity contribution >= 4 is 35.6 Å². The van der Waals surface area contributed by atoms with Gasteiger partial charge in [0.05, 0.1) is 12.5 Å². The average Bonchev–Trinajstić information content (AvgIpc) is 2.72. The van der Waals surface area contributed by atoms with Gasteiger partial charge in [0.1, 0.15) is 18.1 Å². The third kappa shape index (κ3) is 12.1. The third-order valence-corrected chi connectivity index (χ3v) is 4.83. The smallest absolute Gasteiger partial charge is 0.326 e. The van der Waals surface area contributed by atoms with Crippen molar-refractivity contribution in [2.45, 2.75) is 76.5 Å². The Bertz CT molecular complexity index is 744. The molecule has 3 amide bonds. The molecular weight excluding hydrogens is 454 g/mol. The molecule has 194 valence electrons. The van der Waals surface area contributed by atoms with Crippen molar-refractivity contribution in [1.29, 1.82) is 0 Å². The van der Waals surface area contributed by atoms with Gasteiger partial charge in [0, 0.05) is 6.42 Å². The maximum absolute atomic E-state index is 12.8. The molecule has 4 unspecified atom stereocenters. The van der Waals surface area contributed by atoms with E-state index in [0.717, 1.165) is 0 Å². The van der Waals surface area contributed by atoms with Gasteiger partial charge in [0.15, 0.2) is 0 Å². The zero-order valence-corrected chi connectivity index (χ0v) is 19.3. The number of rotatable bonds is 17. The molecule has 0 aliphatic carbocycles. The first-order valence-corrected chi connectivity index (χ1v) is 10.8. The Hall–Kier alpha value is -3.26. The highest BCUT2D eigenvalue weighted by atomic mass is 16.4. The number of nitrogens with two attached hydrogens (primary N) is 2. The van der Waals surface area contributed by atoms with Gasteiger partial charge in [-0.15, -0.1) is 0 Å². The number of hydrogen-bond donors (Lipinski definition) is 8. The van der Waals surface area contributed by atoms with Gasteiger partial charge in [0.2, 0.25) is 17.7 Å². The molecule has 0 aromatic rings. The standard InChI is InChI=1S/C20H35N5O9/c1-10(2)16(25-17(30)11(22)5-3-4-8-21)19(32)24-13(9-15(28)29)18(31)23-12(20(33)34)6-7-14(26)27/h10-13,16H,3-9,21-22H2,1-2H3,(H,23,31)(H,24,32)(H,25,30)(H,26,27)(H,28,29)(H,33,34). The lowest BCUT2D eigenvalue weighted by Gasteiger charge is -2.26. The number of unbranched alkanes of at least 4 members (excludes halogenated alkanes) is 1. The molecule has 0 spiro atoms. The summed E-state index contributed by atoms with van der Waals surface area (Å²) in [5.41, 5.74) is 11.2. The number of carbonyl (C=O) groups excluding carboxylic acids is 3. The minimum Gasteiger partial charge on any atom is -0.481 e. The molecule has 0 radical (unpaired) electrons. The molecular formula is C20H35N5O9. The molecule has 14 heteroatoms. The number of hydrogen-bond acceptors (Lipinski definition) is 8. The Kier molecular flexibility index (Phi) is 14.1. The fourth-order valence-electron chi connectivity index (χ4n) is 2.88. The van der Waals surface area contributed by atoms with Gasteiger partial charge in [-0.25, -0.2) is 4.79 Å². The topological polar surface area (TPSA) is 251 Å². The summed E-state index contributed by atoms with van der Waals surface area (Å²) >= 11 is 0. The van der Waals surface area contributed by atoms with Crippen LogP contribution in [0.3, 0.4) is 0 Å². The van der Waals surface area contributed by atoms with Crippen LogP contribution in [0.15, 0.2) is 0 Å². The lowest BCUT2D eigenvalue weighted by molar-refractivity contribution is -0.144. The largest absolute Gasteiger partial charge is 0.481 e. The van der Waals surface area contributed by atoms with Crippen molar-refractivity contribution < 1.29 is 44.1 Å². The molecule has 4 atom stereocenters. The number of aliphatic carboxylic acids is 3. The summed E-state index contributed by atoms with van der Waals surface area (Å²) in [5, 5.41) is 33.8. The highest BCUT2D eigenvalue weighted by Crippen LogP contribution is 2.07. The van der Waals surface area contributed by atoms with E-state index in [1.165, 1.54) is 0 Å². The first-order valence-electron chi connectivity index (χ1n) is 10.8. The van der Waals surface area contributed by atoms with E-state index in [4.69, 9.17) is 21.7 Å². The maximum atomic E-state index is 12.8. The average molecular weight is 490 g/mol. The van der Waals surface area contributed by atoms with Crippen LogP contribution in [0.4, 0.5) is 0 Å². The second-order valence-electron chi connectivity index (χ2n) is 8.11. The predicted molar refractivity (Wildman–Crippen MR) is 118 cm³/mol. The van der Waals surface area contributed by atoms with E-state index in [0.29, 0.717) is 25.8 Å². The molecule has 0 aliphatic heterocycles. The van der Waals surface area contributed by atoms with Crippen LogP contribution in [0, 0.1) is 5.92 Å². The normalized spacial score (nSPS) is 14.4. The van der Waals surface area contributed by atoms with Crippen LogP contribution in [0.2, 0.25) is 0 Å². The number of carboxylic acids is 3. The van der Waals surface area contributed by atoms with Gasteiger partial charge in [-0.2, -0.15) is 0 Å². The Morgan fingerprint density at radius 1 is 0.765 bits per heavy atom. The highest BCUT2D eigenvalue weighted by molar-refractivity contribution is 5.95. The minimum atomic E-state index is -1.67. The third-order valence-electron chi connectivity index (χ3n) is 4.83. The zero-order valence-electron chi connectivity index (χ0n) is 19.3. The number of carbonyl (C=O) groups is 6. The molecule has 0 rings (SSSR count). The molecule has 14 nitrogen and oxygen atoms in total. The summed E-state index contributed by atoms with van der Waals surface area (Å²) in [6.07, 6.45) is -0.258. The fourth-order valence-corrected chi connectivity index (χ4v) is 2.88. The summed E-state index contributed by atoms with van der Waals surface area (Å²) in [6.45, 7) is 3.67. The predicted octanol–water partition coefficient (Wildman–Crippen LogP) is -2.02. The number of amides is 3. The van der Waals surface area contributed by atoms with E-state index < -0.39 is 85.0 Å². The lowest BCUT2D eigenvalue weighted by Crippen LogP contribution is -2.58. The van der Waals surface area contributed by atoms with E-state index in [1.54, 1.807) is 13.8 Å². The Labute approximate surface area is 196 Å². The van der Waals surface area contributed by atoms with E-state index in [9.17, 15) is 33.9 Å². The molecule has 34 heavy (non-hydrogen) atoms. The number of carboxylic acid groups (broad SMARTS) is 3. The lowest BCUT2D eigenvalue weighted by atomic mass is 10.0. The van der Waals surface area contributed by atoms with Crippen LogP contribution >= 0.6 is 0 Å². The van der Waals surface area contributed by atoms with E-state index >= 15 is 0 Å². The summed E-state index contributed by atoms with van der Waals surface area (Å²) in [4.78, 5) is 70.9. The van der Waals surface area contributed by atoms with E-state index in [-0.39, 0.29) is 0 Å². The van der Waals surface area contributed by atoms with Gasteiger partial charge < -0.3 is 42.7 Å². The molecule has 0 heterocycles. The van der Waals surface area contributed by atoms with Gasteiger partial charge in [-0.1, -0.05) is 20.3 Å². The van der Waals surface area contributed by atoms with Crippen LogP contribution < -0.4 is 27.4 Å². The molecule has 0 bridgehead atoms. The van der Waals surface area contributed by atoms with E-state index in [2.05, 4.69) is 10.6 Å². The van der Waals surface area contributed by atoms with Crippen LogP contribution in [-0.4, -0.2) is 81.7 Å². The molecule has 0 saturated carbocycles. The van der Waals surface area contributed by atoms with Crippen LogP contribution in [0.5, 0.6) is 0 Å². The second kappa shape index (κ2) is 15.6. The molecule has 10 N–H and O–H groups in total. The first kappa shape index (κ1) is 30.7. The van der Waals surface area contributed by atoms with Crippen molar-refractivity contribution in [3.8, 4) is 0 Å². The SMILES string of the molecule is CC(C)C(NC(=O)C(N)CCCCN)C(=O)NC(CC(=O)O)C(=O)NC(CCC(=O)O)C(=O)O. The first-order chi connectivity index (χ1) is 15.8. The van der Waals surface area contributed by atoms with Gasteiger partial charge in [-0.3, -0.25) is 24.0 Å². The summed E-state index contributed by atoms with van der Waals surface area (Å²) in [7, 11) is 0. The monoisotopic (exact) mass is 489 g/mol. The fraction of sp³-hybridized carbons (Fsp3) is 0.700. The summed E-state index contributed by atoms with van der Waals surface area (Å²) < 4.78 is 0. The molecule has 0 aliphatic rings. The Morgan fingerprint density at radius 2 is 1.35 bits per heavy atom. The minimum absolute atomic E-state index is 0.340. The van der Waals surface area contributed by atoms with Crippen molar-refractivity contribution in [1.82, 2.24) is 16.0 Å². The van der Waals surface area contributed by atoms with Crippen molar-refractivity contribution in [3.05, 3.63) is 0 Å². The quantitative estimate of drug-likeness (QED) is 0.103. The van der Waals surface area contributed by atoms with Crippen molar-refractivity contribution in [3.63, 3.8) is 0 Å².